The van der Waals surface area contributed by atoms with Gasteiger partial charge in [0.2, 0.25) is 0 Å². The predicted molar refractivity (Wildman–Crippen MR) is 107 cm³/mol. The van der Waals surface area contributed by atoms with Gasteiger partial charge < -0.3 is 9.64 Å². The van der Waals surface area contributed by atoms with Crippen LogP contribution in [0.5, 0.6) is 0 Å². The highest BCUT2D eigenvalue weighted by atomic mass is 16.6. The van der Waals surface area contributed by atoms with Crippen LogP contribution in [-0.2, 0) is 10.2 Å². The number of carbonyl (C=O) groups excluding carboxylic acids is 1. The summed E-state index contributed by atoms with van der Waals surface area (Å²) in [5.41, 5.74) is 3.16. The number of likely N-dealkylation sites (tertiary alicyclic amines) is 1. The lowest BCUT2D eigenvalue weighted by molar-refractivity contribution is -0.0121. The largest absolute Gasteiger partial charge is 0.444 e. The summed E-state index contributed by atoms with van der Waals surface area (Å²) < 4.78 is 5.52. The number of hydrogen-bond donors (Lipinski definition) is 0. The lowest BCUT2D eigenvalue weighted by Crippen LogP contribution is -2.49. The lowest BCUT2D eigenvalue weighted by atomic mass is 9.56. The van der Waals surface area contributed by atoms with Gasteiger partial charge in [0.25, 0.3) is 0 Å². The summed E-state index contributed by atoms with van der Waals surface area (Å²) >= 11 is 0. The number of benzene rings is 1. The number of hydrogen-bond acceptors (Lipinski definition) is 2. The molecule has 1 aliphatic carbocycles. The summed E-state index contributed by atoms with van der Waals surface area (Å²) in [4.78, 5) is 14.1. The molecular weight excluding hydrogens is 322 g/mol. The first-order chi connectivity index (χ1) is 12.0. The molecule has 2 fully saturated rings. The molecule has 1 aromatic carbocycles. The van der Waals surface area contributed by atoms with Crippen LogP contribution in [0.1, 0.15) is 84.3 Å². The summed E-state index contributed by atoms with van der Waals surface area (Å²) in [5.74, 6) is 0.686. The second-order valence-electron chi connectivity index (χ2n) is 10.4. The molecule has 144 valence electrons. The SMILES string of the molecule is CC(C)(C)OC(=O)N1CCC2(CC1)CC(c1cccc(C(C)(C)C)c1)C2. The van der Waals surface area contributed by atoms with E-state index in [0.29, 0.717) is 11.3 Å². The first-order valence-corrected chi connectivity index (χ1v) is 10.1. The van der Waals surface area contributed by atoms with Crippen LogP contribution in [0.25, 0.3) is 0 Å². The maximum Gasteiger partial charge on any atom is 0.410 e. The Labute approximate surface area is 159 Å². The fraction of sp³-hybridized carbons (Fsp3) is 0.696. The Balaban J connectivity index is 1.55. The Kier molecular flexibility index (Phi) is 4.87. The van der Waals surface area contributed by atoms with Crippen molar-refractivity contribution >= 4 is 6.09 Å². The Morgan fingerprint density at radius 1 is 1.08 bits per heavy atom. The first-order valence-electron chi connectivity index (χ1n) is 10.1. The summed E-state index contributed by atoms with van der Waals surface area (Å²) in [6.45, 7) is 14.3. The van der Waals surface area contributed by atoms with Crippen LogP contribution < -0.4 is 0 Å². The molecule has 0 unspecified atom stereocenters. The van der Waals surface area contributed by atoms with Crippen LogP contribution in [0.4, 0.5) is 4.79 Å². The van der Waals surface area contributed by atoms with Gasteiger partial charge >= 0.3 is 6.09 Å². The van der Waals surface area contributed by atoms with Crippen molar-refractivity contribution in [3.05, 3.63) is 35.4 Å². The average Bonchev–Trinajstić information content (AvgIpc) is 2.50. The van der Waals surface area contributed by atoms with E-state index in [1.807, 2.05) is 25.7 Å². The Bertz CT molecular complexity index is 650. The molecule has 1 heterocycles. The van der Waals surface area contributed by atoms with Crippen molar-refractivity contribution < 1.29 is 9.53 Å². The third-order valence-electron chi connectivity index (χ3n) is 6.06. The zero-order valence-corrected chi connectivity index (χ0v) is 17.4. The number of nitrogens with zero attached hydrogens (tertiary/aromatic N) is 1. The van der Waals surface area contributed by atoms with E-state index in [-0.39, 0.29) is 11.5 Å². The molecule has 0 N–H and O–H groups in total. The molecule has 1 saturated heterocycles. The first kappa shape index (κ1) is 19.3. The monoisotopic (exact) mass is 357 g/mol. The standard InChI is InChI=1S/C23H35NO2/c1-21(2,3)19-9-7-8-17(14-19)18-15-23(16-18)10-12-24(13-11-23)20(25)26-22(4,5)6/h7-9,14,18H,10-13,15-16H2,1-6H3. The second kappa shape index (κ2) is 6.58. The molecule has 3 heteroatoms. The summed E-state index contributed by atoms with van der Waals surface area (Å²) in [7, 11) is 0. The van der Waals surface area contributed by atoms with Gasteiger partial charge in [-0.1, -0.05) is 45.0 Å². The number of rotatable bonds is 1. The molecule has 26 heavy (non-hydrogen) atoms. The van der Waals surface area contributed by atoms with Gasteiger partial charge in [-0.05, 0) is 74.3 Å². The minimum absolute atomic E-state index is 0.152. The zero-order chi connectivity index (χ0) is 19.2. The number of carbonyl (C=O) groups is 1. The van der Waals surface area contributed by atoms with E-state index < -0.39 is 5.60 Å². The van der Waals surface area contributed by atoms with Crippen molar-refractivity contribution in [1.82, 2.24) is 4.90 Å². The molecule has 0 radical (unpaired) electrons. The molecule has 3 nitrogen and oxygen atoms in total. The highest BCUT2D eigenvalue weighted by molar-refractivity contribution is 5.68. The predicted octanol–water partition coefficient (Wildman–Crippen LogP) is 5.88. The maximum atomic E-state index is 12.3. The fourth-order valence-electron chi connectivity index (χ4n) is 4.38. The van der Waals surface area contributed by atoms with Crippen molar-refractivity contribution in [2.24, 2.45) is 5.41 Å². The zero-order valence-electron chi connectivity index (χ0n) is 17.4. The third kappa shape index (κ3) is 4.24. The van der Waals surface area contributed by atoms with Gasteiger partial charge in [-0.3, -0.25) is 0 Å². The minimum atomic E-state index is -0.411. The average molecular weight is 358 g/mol. The van der Waals surface area contributed by atoms with E-state index in [9.17, 15) is 4.79 Å². The van der Waals surface area contributed by atoms with Gasteiger partial charge in [-0.25, -0.2) is 4.79 Å². The summed E-state index contributed by atoms with van der Waals surface area (Å²) in [6.07, 6.45) is 4.61. The van der Waals surface area contributed by atoms with Gasteiger partial charge in [0.1, 0.15) is 5.60 Å². The number of ether oxygens (including phenoxy) is 1. The minimum Gasteiger partial charge on any atom is -0.444 e. The maximum absolute atomic E-state index is 12.3. The van der Waals surface area contributed by atoms with E-state index in [4.69, 9.17) is 4.74 Å². The van der Waals surface area contributed by atoms with Gasteiger partial charge in [-0.2, -0.15) is 0 Å². The molecule has 1 aromatic rings. The van der Waals surface area contributed by atoms with E-state index in [1.165, 1.54) is 24.0 Å². The Morgan fingerprint density at radius 2 is 1.69 bits per heavy atom. The molecular formula is C23H35NO2. The number of piperidine rings is 1. The second-order valence-corrected chi connectivity index (χ2v) is 10.4. The molecule has 1 aliphatic heterocycles. The van der Waals surface area contributed by atoms with Crippen molar-refractivity contribution in [2.75, 3.05) is 13.1 Å². The van der Waals surface area contributed by atoms with Crippen LogP contribution in [0.3, 0.4) is 0 Å². The van der Waals surface area contributed by atoms with E-state index >= 15 is 0 Å². The lowest BCUT2D eigenvalue weighted by Gasteiger charge is -2.52. The van der Waals surface area contributed by atoms with Crippen molar-refractivity contribution in [3.63, 3.8) is 0 Å². The van der Waals surface area contributed by atoms with Crippen LogP contribution in [0, 0.1) is 5.41 Å². The molecule has 0 aromatic heterocycles. The van der Waals surface area contributed by atoms with Crippen LogP contribution in [0.2, 0.25) is 0 Å². The van der Waals surface area contributed by atoms with E-state index in [1.54, 1.807) is 0 Å². The van der Waals surface area contributed by atoms with Crippen LogP contribution in [-0.4, -0.2) is 29.7 Å². The molecule has 1 spiro atoms. The van der Waals surface area contributed by atoms with Crippen LogP contribution in [0.15, 0.2) is 24.3 Å². The van der Waals surface area contributed by atoms with Crippen molar-refractivity contribution in [2.45, 2.75) is 84.2 Å². The highest BCUT2D eigenvalue weighted by Gasteiger charge is 2.47. The van der Waals surface area contributed by atoms with Crippen molar-refractivity contribution in [3.8, 4) is 0 Å². The highest BCUT2D eigenvalue weighted by Crippen LogP contribution is 2.56. The fourth-order valence-corrected chi connectivity index (χ4v) is 4.38. The molecule has 0 bridgehead atoms. The third-order valence-corrected chi connectivity index (χ3v) is 6.06. The van der Waals surface area contributed by atoms with Crippen molar-refractivity contribution in [1.29, 1.82) is 0 Å². The normalized spacial score (nSPS) is 20.8. The quantitative estimate of drug-likeness (QED) is 0.628. The Morgan fingerprint density at radius 3 is 2.23 bits per heavy atom. The van der Waals surface area contributed by atoms with Gasteiger partial charge in [0, 0.05) is 13.1 Å². The summed E-state index contributed by atoms with van der Waals surface area (Å²) in [6, 6.07) is 9.17. The van der Waals surface area contributed by atoms with E-state index in [0.717, 1.165) is 25.9 Å². The number of amides is 1. The molecule has 0 atom stereocenters. The molecule has 2 aliphatic rings. The van der Waals surface area contributed by atoms with E-state index in [2.05, 4.69) is 45.0 Å². The molecule has 1 saturated carbocycles. The van der Waals surface area contributed by atoms with Gasteiger partial charge in [0.15, 0.2) is 0 Å². The molecule has 3 rings (SSSR count). The smallest absolute Gasteiger partial charge is 0.410 e. The van der Waals surface area contributed by atoms with Crippen LogP contribution >= 0.6 is 0 Å². The Hall–Kier alpha value is -1.51. The molecule has 1 amide bonds. The topological polar surface area (TPSA) is 29.5 Å². The van der Waals surface area contributed by atoms with Gasteiger partial charge in [-0.15, -0.1) is 0 Å². The summed E-state index contributed by atoms with van der Waals surface area (Å²) in [5, 5.41) is 0. The van der Waals surface area contributed by atoms with Gasteiger partial charge in [0.05, 0.1) is 0 Å².